The van der Waals surface area contributed by atoms with Crippen LogP contribution in [-0.4, -0.2) is 43.6 Å². The maximum atomic E-state index is 13.0. The number of benzene rings is 1. The van der Waals surface area contributed by atoms with Gasteiger partial charge in [0, 0.05) is 32.0 Å². The molecule has 1 saturated heterocycles. The topological polar surface area (TPSA) is 41.6 Å². The first-order valence-electron chi connectivity index (χ1n) is 6.53. The summed E-state index contributed by atoms with van der Waals surface area (Å²) in [5, 5.41) is 2.86. The third-order valence-electron chi connectivity index (χ3n) is 3.22. The second-order valence-corrected chi connectivity index (χ2v) is 4.69. The lowest BCUT2D eigenvalue weighted by atomic mass is 10.1. The summed E-state index contributed by atoms with van der Waals surface area (Å²) >= 11 is 0. The minimum Gasteiger partial charge on any atom is -0.490 e. The summed E-state index contributed by atoms with van der Waals surface area (Å²) in [5.74, 6) is 0.380. The third kappa shape index (κ3) is 3.92. The van der Waals surface area contributed by atoms with Gasteiger partial charge in [0.05, 0.1) is 6.54 Å². The summed E-state index contributed by atoms with van der Waals surface area (Å²) in [5.41, 5.74) is 0. The maximum Gasteiger partial charge on any atom is 0.236 e. The minimum absolute atomic E-state index is 0.0560. The Hall–Kier alpha value is -1.62. The lowest BCUT2D eigenvalue weighted by Gasteiger charge is -2.32. The lowest BCUT2D eigenvalue weighted by Crippen LogP contribution is -2.44. The predicted octanol–water partition coefficient (Wildman–Crippen LogP) is 1.41. The number of hydrogen-bond donors (Lipinski definition) is 1. The summed E-state index contributed by atoms with van der Waals surface area (Å²) in [6.45, 7) is 1.76. The van der Waals surface area contributed by atoms with Crippen molar-refractivity contribution in [1.29, 1.82) is 0 Å². The highest BCUT2D eigenvalue weighted by molar-refractivity contribution is 5.78. The van der Waals surface area contributed by atoms with Gasteiger partial charge in [-0.05, 0) is 19.2 Å². The molecule has 0 saturated carbocycles. The van der Waals surface area contributed by atoms with E-state index in [1.807, 2.05) is 4.90 Å². The van der Waals surface area contributed by atoms with Crippen molar-refractivity contribution in [3.63, 3.8) is 0 Å². The van der Waals surface area contributed by atoms with E-state index in [1.165, 1.54) is 12.1 Å². The summed E-state index contributed by atoms with van der Waals surface area (Å²) < 4.78 is 18.8. The van der Waals surface area contributed by atoms with E-state index < -0.39 is 0 Å². The van der Waals surface area contributed by atoms with E-state index in [0.717, 1.165) is 12.8 Å². The van der Waals surface area contributed by atoms with Crippen molar-refractivity contribution in [3.8, 4) is 5.75 Å². The van der Waals surface area contributed by atoms with E-state index >= 15 is 0 Å². The Labute approximate surface area is 112 Å². The number of nitrogens with one attached hydrogen (secondary N) is 1. The average Bonchev–Trinajstić information content (AvgIpc) is 2.40. The van der Waals surface area contributed by atoms with Crippen LogP contribution in [-0.2, 0) is 4.79 Å². The Morgan fingerprint density at radius 1 is 1.47 bits per heavy atom. The molecule has 1 amide bonds. The maximum absolute atomic E-state index is 13.0. The number of likely N-dealkylation sites (tertiary alicyclic amines) is 1. The molecule has 1 N–H and O–H groups in total. The van der Waals surface area contributed by atoms with E-state index in [2.05, 4.69) is 5.32 Å². The van der Waals surface area contributed by atoms with Crippen molar-refractivity contribution in [3.05, 3.63) is 30.1 Å². The van der Waals surface area contributed by atoms with Crippen LogP contribution >= 0.6 is 0 Å². The van der Waals surface area contributed by atoms with Crippen LogP contribution in [0.15, 0.2) is 24.3 Å². The van der Waals surface area contributed by atoms with Gasteiger partial charge in [0.2, 0.25) is 5.91 Å². The number of amides is 1. The first-order valence-corrected chi connectivity index (χ1v) is 6.53. The normalized spacial score (nSPS) is 16.4. The van der Waals surface area contributed by atoms with Gasteiger partial charge < -0.3 is 15.0 Å². The van der Waals surface area contributed by atoms with Gasteiger partial charge in [-0.1, -0.05) is 6.07 Å². The Kier molecular flexibility index (Phi) is 4.74. The van der Waals surface area contributed by atoms with Crippen LogP contribution in [0.2, 0.25) is 0 Å². The monoisotopic (exact) mass is 266 g/mol. The molecule has 2 rings (SSSR count). The first kappa shape index (κ1) is 13.8. The fraction of sp³-hybridized carbons (Fsp3) is 0.500. The van der Waals surface area contributed by atoms with E-state index in [1.54, 1.807) is 19.2 Å². The molecule has 1 aliphatic heterocycles. The molecule has 0 aliphatic carbocycles. The van der Waals surface area contributed by atoms with Crippen LogP contribution in [0, 0.1) is 5.82 Å². The second kappa shape index (κ2) is 6.52. The average molecular weight is 266 g/mol. The molecule has 0 unspecified atom stereocenters. The number of piperidine rings is 1. The number of halogens is 1. The Morgan fingerprint density at radius 3 is 2.84 bits per heavy atom. The zero-order valence-electron chi connectivity index (χ0n) is 11.1. The molecule has 1 fully saturated rings. The minimum atomic E-state index is -0.292. The van der Waals surface area contributed by atoms with Gasteiger partial charge in [-0.15, -0.1) is 0 Å². The molecule has 0 aromatic heterocycles. The van der Waals surface area contributed by atoms with Gasteiger partial charge in [0.15, 0.2) is 0 Å². The SMILES string of the molecule is CNCC(=O)N1CCC(Oc2cccc(F)c2)CC1. The molecular weight excluding hydrogens is 247 g/mol. The number of hydrogen-bond acceptors (Lipinski definition) is 3. The van der Waals surface area contributed by atoms with Crippen LogP contribution in [0.25, 0.3) is 0 Å². The molecule has 0 bridgehead atoms. The molecule has 1 heterocycles. The standard InChI is InChI=1S/C14H19FN2O2/c1-16-10-14(18)17-7-5-12(6-8-17)19-13-4-2-3-11(15)9-13/h2-4,9,12,16H,5-8,10H2,1H3. The van der Waals surface area contributed by atoms with Crippen molar-refractivity contribution in [1.82, 2.24) is 10.2 Å². The highest BCUT2D eigenvalue weighted by Crippen LogP contribution is 2.19. The van der Waals surface area contributed by atoms with Gasteiger partial charge in [-0.3, -0.25) is 4.79 Å². The number of carbonyl (C=O) groups excluding carboxylic acids is 1. The van der Waals surface area contributed by atoms with E-state index in [4.69, 9.17) is 4.74 Å². The van der Waals surface area contributed by atoms with Gasteiger partial charge in [0.1, 0.15) is 17.7 Å². The zero-order valence-corrected chi connectivity index (χ0v) is 11.1. The first-order chi connectivity index (χ1) is 9.19. The third-order valence-corrected chi connectivity index (χ3v) is 3.22. The number of rotatable bonds is 4. The van der Waals surface area contributed by atoms with Crippen molar-refractivity contribution < 1.29 is 13.9 Å². The zero-order chi connectivity index (χ0) is 13.7. The summed E-state index contributed by atoms with van der Waals surface area (Å²) in [6, 6.07) is 6.17. The van der Waals surface area contributed by atoms with Crippen LogP contribution < -0.4 is 10.1 Å². The number of likely N-dealkylation sites (N-methyl/N-ethyl adjacent to an activating group) is 1. The summed E-state index contributed by atoms with van der Waals surface area (Å²) in [6.07, 6.45) is 1.62. The van der Waals surface area contributed by atoms with Crippen molar-refractivity contribution in [2.75, 3.05) is 26.7 Å². The summed E-state index contributed by atoms with van der Waals surface area (Å²) in [7, 11) is 1.76. The van der Waals surface area contributed by atoms with E-state index in [0.29, 0.717) is 25.4 Å². The molecule has 104 valence electrons. The van der Waals surface area contributed by atoms with Crippen molar-refractivity contribution in [2.24, 2.45) is 0 Å². The molecule has 4 nitrogen and oxygen atoms in total. The molecule has 1 aromatic carbocycles. The lowest BCUT2D eigenvalue weighted by molar-refractivity contribution is -0.131. The van der Waals surface area contributed by atoms with Gasteiger partial charge in [-0.2, -0.15) is 0 Å². The summed E-state index contributed by atoms with van der Waals surface area (Å²) in [4.78, 5) is 13.5. The molecule has 1 aliphatic rings. The van der Waals surface area contributed by atoms with Crippen molar-refractivity contribution >= 4 is 5.91 Å². The molecule has 5 heteroatoms. The van der Waals surface area contributed by atoms with Crippen LogP contribution in [0.5, 0.6) is 5.75 Å². The van der Waals surface area contributed by atoms with Gasteiger partial charge >= 0.3 is 0 Å². The highest BCUT2D eigenvalue weighted by Gasteiger charge is 2.23. The largest absolute Gasteiger partial charge is 0.490 e. The quantitative estimate of drug-likeness (QED) is 0.896. The molecule has 0 spiro atoms. The van der Waals surface area contributed by atoms with Crippen LogP contribution in [0.1, 0.15) is 12.8 Å². The smallest absolute Gasteiger partial charge is 0.236 e. The second-order valence-electron chi connectivity index (χ2n) is 4.69. The molecule has 19 heavy (non-hydrogen) atoms. The molecule has 1 aromatic rings. The molecule has 0 atom stereocenters. The van der Waals surface area contributed by atoms with E-state index in [9.17, 15) is 9.18 Å². The molecule has 0 radical (unpaired) electrons. The fourth-order valence-corrected chi connectivity index (χ4v) is 2.22. The van der Waals surface area contributed by atoms with Gasteiger partial charge in [0.25, 0.3) is 0 Å². The number of carbonyl (C=O) groups is 1. The number of nitrogens with zero attached hydrogens (tertiary/aromatic N) is 1. The fourth-order valence-electron chi connectivity index (χ4n) is 2.22. The Balaban J connectivity index is 1.82. The Bertz CT molecular complexity index is 431. The molecular formula is C14H19FN2O2. The van der Waals surface area contributed by atoms with Crippen molar-refractivity contribution in [2.45, 2.75) is 18.9 Å². The van der Waals surface area contributed by atoms with Gasteiger partial charge in [-0.25, -0.2) is 4.39 Å². The van der Waals surface area contributed by atoms with Crippen LogP contribution in [0.4, 0.5) is 4.39 Å². The van der Waals surface area contributed by atoms with Crippen LogP contribution in [0.3, 0.4) is 0 Å². The number of ether oxygens (including phenoxy) is 1. The predicted molar refractivity (Wildman–Crippen MR) is 70.6 cm³/mol. The Morgan fingerprint density at radius 2 is 2.21 bits per heavy atom. The van der Waals surface area contributed by atoms with E-state index in [-0.39, 0.29) is 17.8 Å². The highest BCUT2D eigenvalue weighted by atomic mass is 19.1.